The first-order valence-electron chi connectivity index (χ1n) is 5.06. The van der Waals surface area contributed by atoms with Crippen LogP contribution in [0.15, 0.2) is 0 Å². The molecule has 0 aromatic heterocycles. The van der Waals surface area contributed by atoms with Gasteiger partial charge in [-0.15, -0.1) is 0 Å². The monoisotopic (exact) mass is 152 g/mol. The summed E-state index contributed by atoms with van der Waals surface area (Å²) in [4.78, 5) is 0. The molecule has 0 aromatic carbocycles. The van der Waals surface area contributed by atoms with E-state index in [1.54, 1.807) is 19.3 Å². The summed E-state index contributed by atoms with van der Waals surface area (Å²) in [5.41, 5.74) is 0.575. The Morgan fingerprint density at radius 3 is 2.18 bits per heavy atom. The minimum Gasteiger partial charge on any atom is -0.0602 e. The molecular formula is C11H20. The van der Waals surface area contributed by atoms with Crippen LogP contribution in [-0.4, -0.2) is 0 Å². The van der Waals surface area contributed by atoms with Crippen molar-refractivity contribution in [3.63, 3.8) is 0 Å². The molecule has 3 unspecified atom stereocenters. The zero-order chi connectivity index (χ0) is 8.06. The van der Waals surface area contributed by atoms with Gasteiger partial charge in [0.25, 0.3) is 0 Å². The molecule has 3 atom stereocenters. The van der Waals surface area contributed by atoms with Crippen molar-refractivity contribution in [3.8, 4) is 0 Å². The van der Waals surface area contributed by atoms with Gasteiger partial charge >= 0.3 is 0 Å². The van der Waals surface area contributed by atoms with Crippen LogP contribution in [-0.2, 0) is 0 Å². The molecule has 0 heterocycles. The summed E-state index contributed by atoms with van der Waals surface area (Å²) in [5, 5.41) is 0. The van der Waals surface area contributed by atoms with Crippen molar-refractivity contribution in [2.24, 2.45) is 23.2 Å². The quantitative estimate of drug-likeness (QED) is 0.539. The lowest BCUT2D eigenvalue weighted by atomic mass is 9.51. The minimum atomic E-state index is 0.575. The van der Waals surface area contributed by atoms with Crippen LogP contribution in [0.5, 0.6) is 0 Å². The molecule has 2 saturated carbocycles. The largest absolute Gasteiger partial charge is 0.0602 e. The summed E-state index contributed by atoms with van der Waals surface area (Å²) in [6.45, 7) is 7.12. The Hall–Kier alpha value is 0. The third-order valence-corrected chi connectivity index (χ3v) is 3.56. The molecule has 0 amide bonds. The molecule has 0 N–H and O–H groups in total. The molecule has 0 spiro atoms. The molecule has 0 aromatic rings. The van der Waals surface area contributed by atoms with Gasteiger partial charge in [-0.25, -0.2) is 0 Å². The molecule has 0 nitrogen and oxygen atoms in total. The fraction of sp³-hybridized carbons (Fsp3) is 1.00. The van der Waals surface area contributed by atoms with Gasteiger partial charge in [-0.2, -0.15) is 0 Å². The Morgan fingerprint density at radius 2 is 1.91 bits per heavy atom. The molecule has 0 heteroatoms. The molecular weight excluding hydrogens is 132 g/mol. The molecule has 11 heavy (non-hydrogen) atoms. The summed E-state index contributed by atoms with van der Waals surface area (Å²) >= 11 is 0. The smallest absolute Gasteiger partial charge is 0.0357 e. The van der Waals surface area contributed by atoms with Crippen molar-refractivity contribution in [2.75, 3.05) is 0 Å². The number of rotatable bonds is 1. The summed E-state index contributed by atoms with van der Waals surface area (Å²) in [5.74, 6) is 3.44. The third-order valence-electron chi connectivity index (χ3n) is 3.56. The molecule has 2 fully saturated rings. The summed E-state index contributed by atoms with van der Waals surface area (Å²) in [7, 11) is 0. The molecule has 64 valence electrons. The predicted molar refractivity (Wildman–Crippen MR) is 48.4 cm³/mol. The summed E-state index contributed by atoms with van der Waals surface area (Å²) in [6.07, 6.45) is 6.12. The third kappa shape index (κ3) is 1.32. The molecule has 0 aliphatic heterocycles. The van der Waals surface area contributed by atoms with Crippen molar-refractivity contribution in [1.29, 1.82) is 0 Å². The van der Waals surface area contributed by atoms with Crippen molar-refractivity contribution >= 4 is 0 Å². The van der Waals surface area contributed by atoms with E-state index < -0.39 is 0 Å². The van der Waals surface area contributed by atoms with Crippen LogP contribution in [0.2, 0.25) is 0 Å². The second-order valence-electron chi connectivity index (χ2n) is 5.76. The van der Waals surface area contributed by atoms with Crippen LogP contribution >= 0.6 is 0 Å². The Balaban J connectivity index is 1.81. The fourth-order valence-corrected chi connectivity index (χ4v) is 2.90. The lowest BCUT2D eigenvalue weighted by Crippen LogP contribution is -2.45. The highest BCUT2D eigenvalue weighted by atomic mass is 14.5. The number of hydrogen-bond donors (Lipinski definition) is 0. The molecule has 2 aliphatic carbocycles. The summed E-state index contributed by atoms with van der Waals surface area (Å²) < 4.78 is 0. The molecule has 2 aliphatic rings. The lowest BCUT2D eigenvalue weighted by Gasteiger charge is -2.55. The predicted octanol–water partition coefficient (Wildman–Crippen LogP) is 3.47. The topological polar surface area (TPSA) is 0 Å². The van der Waals surface area contributed by atoms with Crippen LogP contribution in [0.3, 0.4) is 0 Å². The van der Waals surface area contributed by atoms with Crippen molar-refractivity contribution in [1.82, 2.24) is 0 Å². The van der Waals surface area contributed by atoms with Crippen molar-refractivity contribution in [2.45, 2.75) is 46.5 Å². The highest BCUT2D eigenvalue weighted by Crippen LogP contribution is 2.57. The van der Waals surface area contributed by atoms with Crippen LogP contribution in [0.25, 0.3) is 0 Å². The van der Waals surface area contributed by atoms with Crippen LogP contribution in [0, 0.1) is 23.2 Å². The Labute approximate surface area is 70.4 Å². The van der Waals surface area contributed by atoms with Crippen molar-refractivity contribution in [3.05, 3.63) is 0 Å². The van der Waals surface area contributed by atoms with Gasteiger partial charge in [0.2, 0.25) is 0 Å². The average molecular weight is 152 g/mol. The Morgan fingerprint density at radius 1 is 1.18 bits per heavy atom. The van der Waals surface area contributed by atoms with Gasteiger partial charge in [0.15, 0.2) is 0 Å². The molecule has 0 bridgehead atoms. The Kier molecular flexibility index (Phi) is 1.56. The van der Waals surface area contributed by atoms with Gasteiger partial charge in [0, 0.05) is 0 Å². The van der Waals surface area contributed by atoms with Crippen molar-refractivity contribution < 1.29 is 0 Å². The minimum absolute atomic E-state index is 0.575. The average Bonchev–Trinajstić information content (AvgIpc) is 1.77. The maximum Gasteiger partial charge on any atom is -0.0357 e. The van der Waals surface area contributed by atoms with E-state index in [-0.39, 0.29) is 0 Å². The van der Waals surface area contributed by atoms with Gasteiger partial charge in [0.1, 0.15) is 0 Å². The summed E-state index contributed by atoms with van der Waals surface area (Å²) in [6, 6.07) is 0. The maximum absolute atomic E-state index is 2.37. The zero-order valence-electron chi connectivity index (χ0n) is 8.06. The van der Waals surface area contributed by atoms with Gasteiger partial charge in [-0.1, -0.05) is 20.8 Å². The maximum atomic E-state index is 2.37. The SMILES string of the molecule is CC(C)(C)CC1CC2CCC21. The van der Waals surface area contributed by atoms with E-state index in [1.807, 2.05) is 0 Å². The number of fused-ring (bicyclic) bond motifs is 1. The second-order valence-corrected chi connectivity index (χ2v) is 5.76. The molecule has 0 radical (unpaired) electrons. The molecule has 0 saturated heterocycles. The molecule has 2 rings (SSSR count). The highest BCUT2D eigenvalue weighted by Gasteiger charge is 2.47. The van der Waals surface area contributed by atoms with E-state index in [1.165, 1.54) is 12.3 Å². The first-order chi connectivity index (χ1) is 5.06. The first kappa shape index (κ1) is 7.64. The van der Waals surface area contributed by atoms with E-state index in [0.717, 1.165) is 11.8 Å². The van der Waals surface area contributed by atoms with E-state index in [2.05, 4.69) is 20.8 Å². The lowest BCUT2D eigenvalue weighted by molar-refractivity contribution is -0.0447. The van der Waals surface area contributed by atoms with Gasteiger partial charge in [0.05, 0.1) is 0 Å². The van der Waals surface area contributed by atoms with E-state index in [0.29, 0.717) is 5.41 Å². The van der Waals surface area contributed by atoms with E-state index in [4.69, 9.17) is 0 Å². The fourth-order valence-electron chi connectivity index (χ4n) is 2.90. The van der Waals surface area contributed by atoms with E-state index in [9.17, 15) is 0 Å². The normalized spacial score (nSPS) is 42.3. The van der Waals surface area contributed by atoms with E-state index >= 15 is 0 Å². The van der Waals surface area contributed by atoms with Crippen LogP contribution < -0.4 is 0 Å². The first-order valence-corrected chi connectivity index (χ1v) is 5.06. The van der Waals surface area contributed by atoms with Gasteiger partial charge in [-0.05, 0) is 48.9 Å². The van der Waals surface area contributed by atoms with Gasteiger partial charge in [-0.3, -0.25) is 0 Å². The number of hydrogen-bond acceptors (Lipinski definition) is 0. The van der Waals surface area contributed by atoms with Gasteiger partial charge < -0.3 is 0 Å². The zero-order valence-corrected chi connectivity index (χ0v) is 8.06. The van der Waals surface area contributed by atoms with Crippen LogP contribution in [0.4, 0.5) is 0 Å². The second kappa shape index (κ2) is 2.24. The standard InChI is InChI=1S/C11H20/c1-11(2,3)7-9-6-8-4-5-10(8)9/h8-10H,4-7H2,1-3H3. The van der Waals surface area contributed by atoms with Crippen LogP contribution in [0.1, 0.15) is 46.5 Å². The highest BCUT2D eigenvalue weighted by molar-refractivity contribution is 4.97. The Bertz CT molecular complexity index is 152.